The molecule has 3 heteroatoms. The Morgan fingerprint density at radius 1 is 1.25 bits per heavy atom. The van der Waals surface area contributed by atoms with E-state index in [1.165, 1.54) is 16.0 Å². The van der Waals surface area contributed by atoms with Crippen LogP contribution in [-0.2, 0) is 13.0 Å². The van der Waals surface area contributed by atoms with Gasteiger partial charge < -0.3 is 0 Å². The molecule has 0 atom stereocenters. The minimum Gasteiger partial charge on any atom is -0.295 e. The van der Waals surface area contributed by atoms with E-state index >= 15 is 0 Å². The van der Waals surface area contributed by atoms with E-state index in [1.54, 1.807) is 11.3 Å². The van der Waals surface area contributed by atoms with E-state index in [1.807, 2.05) is 13.1 Å². The van der Waals surface area contributed by atoms with Gasteiger partial charge in [0.05, 0.1) is 11.4 Å². The summed E-state index contributed by atoms with van der Waals surface area (Å²) in [6.45, 7) is 5.48. The number of aryl methyl sites for hydroxylation is 2. The third-order valence-corrected chi connectivity index (χ3v) is 4.50. The van der Waals surface area contributed by atoms with Gasteiger partial charge in [-0.05, 0) is 38.1 Å². The molecule has 2 rings (SSSR count). The number of hydrogen-bond donors (Lipinski definition) is 0. The molecule has 0 radical (unpaired) electrons. The van der Waals surface area contributed by atoms with Gasteiger partial charge >= 0.3 is 0 Å². The molecule has 0 spiro atoms. The van der Waals surface area contributed by atoms with Crippen LogP contribution in [-0.4, -0.2) is 24.3 Å². The van der Waals surface area contributed by atoms with Crippen molar-refractivity contribution in [1.82, 2.24) is 4.90 Å². The molecule has 1 aromatic heterocycles. The molecular weight excluding hydrogens is 266 g/mol. The van der Waals surface area contributed by atoms with Crippen LogP contribution in [0.2, 0.25) is 0 Å². The Morgan fingerprint density at radius 3 is 2.70 bits per heavy atom. The molecule has 20 heavy (non-hydrogen) atoms. The minimum absolute atomic E-state index is 0.213. The molecule has 0 fully saturated rings. The maximum absolute atomic E-state index is 12.2. The molecule has 0 unspecified atom stereocenters. The van der Waals surface area contributed by atoms with E-state index in [0.29, 0.717) is 6.54 Å². The van der Waals surface area contributed by atoms with Crippen molar-refractivity contribution < 1.29 is 4.79 Å². The minimum atomic E-state index is 0.213. The molecule has 0 amide bonds. The predicted octanol–water partition coefficient (Wildman–Crippen LogP) is 3.93. The summed E-state index contributed by atoms with van der Waals surface area (Å²) < 4.78 is 0. The van der Waals surface area contributed by atoms with Crippen molar-refractivity contribution in [2.24, 2.45) is 0 Å². The van der Waals surface area contributed by atoms with Crippen molar-refractivity contribution in [1.29, 1.82) is 0 Å². The molecular formula is C17H21NOS. The summed E-state index contributed by atoms with van der Waals surface area (Å²) in [6.07, 6.45) is 0.997. The van der Waals surface area contributed by atoms with E-state index in [4.69, 9.17) is 0 Å². The first-order valence-electron chi connectivity index (χ1n) is 6.94. The zero-order chi connectivity index (χ0) is 14.5. The predicted molar refractivity (Wildman–Crippen MR) is 85.5 cm³/mol. The highest BCUT2D eigenvalue weighted by molar-refractivity contribution is 7.14. The molecule has 1 aromatic carbocycles. The van der Waals surface area contributed by atoms with Crippen molar-refractivity contribution in [3.05, 3.63) is 57.3 Å². The van der Waals surface area contributed by atoms with Crippen molar-refractivity contribution in [2.75, 3.05) is 13.6 Å². The average Bonchev–Trinajstić information content (AvgIpc) is 2.87. The second-order valence-electron chi connectivity index (χ2n) is 5.20. The number of carbonyl (C=O) groups is 1. The fourth-order valence-corrected chi connectivity index (χ4v) is 3.10. The maximum Gasteiger partial charge on any atom is 0.186 e. The molecule has 106 valence electrons. The van der Waals surface area contributed by atoms with E-state index < -0.39 is 0 Å². The Balaban J connectivity index is 1.94. The number of benzene rings is 1. The fraction of sp³-hybridized carbons (Fsp3) is 0.353. The highest BCUT2D eigenvalue weighted by atomic mass is 32.1. The molecule has 0 aliphatic rings. The van der Waals surface area contributed by atoms with Gasteiger partial charge in [0.25, 0.3) is 0 Å². The monoisotopic (exact) mass is 287 g/mol. The number of carbonyl (C=O) groups excluding carboxylic acids is 1. The number of Topliss-reactive ketones (excluding diaryl/α,β-unsaturated/α-hetero) is 1. The highest BCUT2D eigenvalue weighted by Crippen LogP contribution is 2.18. The number of rotatable bonds is 6. The maximum atomic E-state index is 12.2. The van der Waals surface area contributed by atoms with Gasteiger partial charge in [-0.3, -0.25) is 9.69 Å². The van der Waals surface area contributed by atoms with Crippen LogP contribution in [0, 0.1) is 6.92 Å². The summed E-state index contributed by atoms with van der Waals surface area (Å²) in [5.74, 6) is 0.213. The van der Waals surface area contributed by atoms with Crippen LogP contribution in [0.15, 0.2) is 36.4 Å². The van der Waals surface area contributed by atoms with E-state index in [2.05, 4.69) is 49.1 Å². The lowest BCUT2D eigenvalue weighted by molar-refractivity contribution is 0.0947. The molecule has 0 bridgehead atoms. The van der Waals surface area contributed by atoms with Crippen LogP contribution in [0.25, 0.3) is 0 Å². The van der Waals surface area contributed by atoms with E-state index in [9.17, 15) is 4.79 Å². The summed E-state index contributed by atoms with van der Waals surface area (Å²) in [5, 5.41) is 0. The number of likely N-dealkylation sites (N-methyl/N-ethyl adjacent to an activating group) is 1. The van der Waals surface area contributed by atoms with Gasteiger partial charge in [-0.1, -0.05) is 36.8 Å². The van der Waals surface area contributed by atoms with Crippen molar-refractivity contribution in [3.8, 4) is 0 Å². The Hall–Kier alpha value is -1.45. The molecule has 1 heterocycles. The number of hydrogen-bond acceptors (Lipinski definition) is 3. The molecule has 0 aliphatic heterocycles. The summed E-state index contributed by atoms with van der Waals surface area (Å²) in [7, 11) is 1.99. The van der Waals surface area contributed by atoms with Crippen LogP contribution in [0.3, 0.4) is 0 Å². The van der Waals surface area contributed by atoms with Gasteiger partial charge in [-0.2, -0.15) is 0 Å². The summed E-state index contributed by atoms with van der Waals surface area (Å²) >= 11 is 1.62. The Labute approximate surface area is 125 Å². The molecule has 2 aromatic rings. The van der Waals surface area contributed by atoms with Crippen LogP contribution < -0.4 is 0 Å². The Kier molecular flexibility index (Phi) is 5.10. The van der Waals surface area contributed by atoms with Crippen LogP contribution >= 0.6 is 11.3 Å². The average molecular weight is 287 g/mol. The number of thiophene rings is 1. The first-order chi connectivity index (χ1) is 9.58. The molecule has 0 N–H and O–H groups in total. The van der Waals surface area contributed by atoms with Crippen LogP contribution in [0.4, 0.5) is 0 Å². The zero-order valence-corrected chi connectivity index (χ0v) is 13.2. The third kappa shape index (κ3) is 4.02. The van der Waals surface area contributed by atoms with Crippen molar-refractivity contribution >= 4 is 17.1 Å². The molecule has 0 aliphatic carbocycles. The first kappa shape index (κ1) is 14.9. The lowest BCUT2D eigenvalue weighted by atomic mass is 10.1. The summed E-state index contributed by atoms with van der Waals surface area (Å²) in [6, 6.07) is 12.4. The fourth-order valence-electron chi connectivity index (χ4n) is 2.22. The normalized spacial score (nSPS) is 11.0. The summed E-state index contributed by atoms with van der Waals surface area (Å²) in [5.41, 5.74) is 2.51. The van der Waals surface area contributed by atoms with Gasteiger partial charge in [-0.25, -0.2) is 0 Å². The van der Waals surface area contributed by atoms with Gasteiger partial charge in [0, 0.05) is 11.4 Å². The number of nitrogens with zero attached hydrogens (tertiary/aromatic N) is 1. The van der Waals surface area contributed by atoms with Gasteiger partial charge in [0.1, 0.15) is 0 Å². The Bertz CT molecular complexity index is 588. The SMILES string of the molecule is CCc1ccc(C(=O)CN(C)Cc2cccc(C)c2)s1. The lowest BCUT2D eigenvalue weighted by Crippen LogP contribution is -2.25. The third-order valence-electron chi connectivity index (χ3n) is 3.23. The highest BCUT2D eigenvalue weighted by Gasteiger charge is 2.12. The lowest BCUT2D eigenvalue weighted by Gasteiger charge is -2.15. The van der Waals surface area contributed by atoms with Crippen LogP contribution in [0.1, 0.15) is 32.6 Å². The Morgan fingerprint density at radius 2 is 2.05 bits per heavy atom. The van der Waals surface area contributed by atoms with Crippen molar-refractivity contribution in [3.63, 3.8) is 0 Å². The molecule has 2 nitrogen and oxygen atoms in total. The van der Waals surface area contributed by atoms with Gasteiger partial charge in [0.2, 0.25) is 0 Å². The second-order valence-corrected chi connectivity index (χ2v) is 6.37. The largest absolute Gasteiger partial charge is 0.295 e. The second kappa shape index (κ2) is 6.82. The zero-order valence-electron chi connectivity index (χ0n) is 12.3. The standard InChI is InChI=1S/C17H21NOS/c1-4-15-8-9-17(20-15)16(19)12-18(3)11-14-7-5-6-13(2)10-14/h5-10H,4,11-12H2,1-3H3. The van der Waals surface area contributed by atoms with E-state index in [0.717, 1.165) is 17.8 Å². The number of ketones is 1. The summed E-state index contributed by atoms with van der Waals surface area (Å²) in [4.78, 5) is 16.4. The van der Waals surface area contributed by atoms with Gasteiger partial charge in [-0.15, -0.1) is 11.3 Å². The van der Waals surface area contributed by atoms with Gasteiger partial charge in [0.15, 0.2) is 5.78 Å². The van der Waals surface area contributed by atoms with Crippen LogP contribution in [0.5, 0.6) is 0 Å². The quantitative estimate of drug-likeness (QED) is 0.750. The molecule has 0 saturated carbocycles. The van der Waals surface area contributed by atoms with Crippen molar-refractivity contribution in [2.45, 2.75) is 26.8 Å². The van der Waals surface area contributed by atoms with E-state index in [-0.39, 0.29) is 5.78 Å². The molecule has 0 saturated heterocycles. The first-order valence-corrected chi connectivity index (χ1v) is 7.76. The topological polar surface area (TPSA) is 20.3 Å². The smallest absolute Gasteiger partial charge is 0.186 e.